The van der Waals surface area contributed by atoms with Gasteiger partial charge in [0, 0.05) is 4.47 Å². The number of benzene rings is 1. The van der Waals surface area contributed by atoms with Crippen LogP contribution in [0.4, 0.5) is 10.1 Å². The summed E-state index contributed by atoms with van der Waals surface area (Å²) in [6.45, 7) is 3.60. The minimum atomic E-state index is -1.03. The molecule has 0 radical (unpaired) electrons. The first-order valence-electron chi connectivity index (χ1n) is 5.67. The molecule has 0 aliphatic carbocycles. The van der Waals surface area contributed by atoms with Crippen molar-refractivity contribution in [2.75, 3.05) is 5.32 Å². The van der Waals surface area contributed by atoms with Crippen LogP contribution in [0.15, 0.2) is 22.7 Å². The Morgan fingerprint density at radius 1 is 1.50 bits per heavy atom. The predicted molar refractivity (Wildman–Crippen MR) is 71.4 cm³/mol. The van der Waals surface area contributed by atoms with Crippen LogP contribution in [0, 0.1) is 22.6 Å². The van der Waals surface area contributed by atoms with E-state index >= 15 is 0 Å². The maximum atomic E-state index is 12.9. The molecule has 0 heterocycles. The third-order valence-corrected chi connectivity index (χ3v) is 3.69. The third kappa shape index (κ3) is 2.88. The number of carbonyl (C=O) groups excluding carboxylic acids is 1. The maximum Gasteiger partial charge on any atom is 0.244 e. The number of halogens is 2. The molecule has 1 rings (SSSR count). The summed E-state index contributed by atoms with van der Waals surface area (Å²) in [6, 6.07) is 6.05. The lowest BCUT2D eigenvalue weighted by Gasteiger charge is -2.22. The van der Waals surface area contributed by atoms with E-state index in [1.54, 1.807) is 13.8 Å². The minimum Gasteiger partial charge on any atom is -0.324 e. The number of hydrogen-bond acceptors (Lipinski definition) is 2. The zero-order valence-electron chi connectivity index (χ0n) is 10.3. The van der Waals surface area contributed by atoms with Crippen LogP contribution in [0.25, 0.3) is 0 Å². The van der Waals surface area contributed by atoms with Crippen molar-refractivity contribution in [2.24, 2.45) is 5.41 Å². The third-order valence-electron chi connectivity index (χ3n) is 3.04. The van der Waals surface area contributed by atoms with Crippen LogP contribution in [0.2, 0.25) is 0 Å². The fraction of sp³-hybridized carbons (Fsp3) is 0.385. The summed E-state index contributed by atoms with van der Waals surface area (Å²) in [5.74, 6) is -0.750. The highest BCUT2D eigenvalue weighted by molar-refractivity contribution is 9.10. The van der Waals surface area contributed by atoms with E-state index in [0.29, 0.717) is 23.0 Å². The van der Waals surface area contributed by atoms with Crippen molar-refractivity contribution in [3.8, 4) is 6.07 Å². The maximum absolute atomic E-state index is 12.9. The Labute approximate surface area is 114 Å². The number of anilines is 1. The second kappa shape index (κ2) is 5.96. The normalized spacial score (nSPS) is 10.8. The number of nitrogens with one attached hydrogen (secondary N) is 1. The summed E-state index contributed by atoms with van der Waals surface area (Å²) in [5, 5.41) is 11.8. The largest absolute Gasteiger partial charge is 0.324 e. The summed E-state index contributed by atoms with van der Waals surface area (Å²) in [5.41, 5.74) is -0.573. The van der Waals surface area contributed by atoms with E-state index in [2.05, 4.69) is 27.3 Å². The van der Waals surface area contributed by atoms with Gasteiger partial charge in [-0.3, -0.25) is 4.79 Å². The van der Waals surface area contributed by atoms with Crippen LogP contribution in [0.3, 0.4) is 0 Å². The molecule has 0 aromatic heterocycles. The van der Waals surface area contributed by atoms with E-state index in [9.17, 15) is 9.18 Å². The summed E-state index contributed by atoms with van der Waals surface area (Å²) in [4.78, 5) is 12.1. The van der Waals surface area contributed by atoms with Crippen LogP contribution >= 0.6 is 15.9 Å². The van der Waals surface area contributed by atoms with Gasteiger partial charge >= 0.3 is 0 Å². The smallest absolute Gasteiger partial charge is 0.244 e. The fourth-order valence-corrected chi connectivity index (χ4v) is 2.06. The number of amides is 1. The van der Waals surface area contributed by atoms with Crippen molar-refractivity contribution in [3.63, 3.8) is 0 Å². The Morgan fingerprint density at radius 2 is 2.11 bits per heavy atom. The highest BCUT2D eigenvalue weighted by Crippen LogP contribution is 2.29. The van der Waals surface area contributed by atoms with E-state index < -0.39 is 11.2 Å². The quantitative estimate of drug-likeness (QED) is 0.918. The van der Waals surface area contributed by atoms with Crippen LogP contribution < -0.4 is 5.32 Å². The van der Waals surface area contributed by atoms with Crippen LogP contribution in [0.1, 0.15) is 26.7 Å². The van der Waals surface area contributed by atoms with Crippen molar-refractivity contribution >= 4 is 27.5 Å². The SMILES string of the molecule is CCC(C#N)(CC)C(=O)Nc1ccc(F)cc1Br. The molecule has 0 spiro atoms. The molecule has 0 aliphatic heterocycles. The highest BCUT2D eigenvalue weighted by atomic mass is 79.9. The summed E-state index contributed by atoms with van der Waals surface area (Å²) >= 11 is 3.17. The van der Waals surface area contributed by atoms with Crippen molar-refractivity contribution in [2.45, 2.75) is 26.7 Å². The fourth-order valence-electron chi connectivity index (χ4n) is 1.61. The van der Waals surface area contributed by atoms with Gasteiger partial charge in [0.15, 0.2) is 0 Å². The van der Waals surface area contributed by atoms with E-state index in [4.69, 9.17) is 5.26 Å². The minimum absolute atomic E-state index is 0.359. The first kappa shape index (κ1) is 14.7. The van der Waals surface area contributed by atoms with E-state index in [-0.39, 0.29) is 5.91 Å². The van der Waals surface area contributed by atoms with Gasteiger partial charge in [-0.2, -0.15) is 5.26 Å². The number of hydrogen-bond donors (Lipinski definition) is 1. The summed E-state index contributed by atoms with van der Waals surface area (Å²) in [6.07, 6.45) is 0.870. The molecule has 96 valence electrons. The molecule has 3 nitrogen and oxygen atoms in total. The Bertz CT molecular complexity index is 492. The molecule has 5 heteroatoms. The monoisotopic (exact) mass is 312 g/mol. The van der Waals surface area contributed by atoms with Gasteiger partial charge in [-0.1, -0.05) is 13.8 Å². The summed E-state index contributed by atoms with van der Waals surface area (Å²) in [7, 11) is 0. The van der Waals surface area contributed by atoms with Gasteiger partial charge in [0.05, 0.1) is 11.8 Å². The molecule has 1 amide bonds. The standard InChI is InChI=1S/C13H14BrFN2O/c1-3-13(4-2,8-16)12(18)17-11-6-5-9(15)7-10(11)14/h5-7H,3-4H2,1-2H3,(H,17,18). The molecule has 0 saturated heterocycles. The highest BCUT2D eigenvalue weighted by Gasteiger charge is 2.35. The van der Waals surface area contributed by atoms with E-state index in [1.807, 2.05) is 0 Å². The lowest BCUT2D eigenvalue weighted by atomic mass is 9.83. The van der Waals surface area contributed by atoms with Crippen molar-refractivity contribution in [1.29, 1.82) is 5.26 Å². The molecular formula is C13H14BrFN2O. The Morgan fingerprint density at radius 3 is 2.56 bits per heavy atom. The van der Waals surface area contributed by atoms with Gasteiger partial charge in [0.25, 0.3) is 0 Å². The molecule has 1 aromatic carbocycles. The van der Waals surface area contributed by atoms with Gasteiger partial charge in [-0.15, -0.1) is 0 Å². The average Bonchev–Trinajstić information content (AvgIpc) is 2.36. The topological polar surface area (TPSA) is 52.9 Å². The van der Waals surface area contributed by atoms with Gasteiger partial charge in [0.2, 0.25) is 5.91 Å². The van der Waals surface area contributed by atoms with Crippen LogP contribution in [-0.2, 0) is 4.79 Å². The Hall–Kier alpha value is -1.41. The molecule has 1 N–H and O–H groups in total. The number of carbonyl (C=O) groups is 1. The lowest BCUT2D eigenvalue weighted by molar-refractivity contribution is -0.123. The van der Waals surface area contributed by atoms with Crippen molar-refractivity contribution in [1.82, 2.24) is 0 Å². The number of rotatable bonds is 4. The van der Waals surface area contributed by atoms with E-state index in [0.717, 1.165) is 0 Å². The lowest BCUT2D eigenvalue weighted by Crippen LogP contribution is -2.34. The molecule has 0 saturated carbocycles. The van der Waals surface area contributed by atoms with E-state index in [1.165, 1.54) is 18.2 Å². The van der Waals surface area contributed by atoms with Crippen molar-refractivity contribution < 1.29 is 9.18 Å². The van der Waals surface area contributed by atoms with Gasteiger partial charge in [0.1, 0.15) is 11.2 Å². The second-order valence-corrected chi connectivity index (χ2v) is 4.83. The first-order chi connectivity index (χ1) is 8.49. The molecule has 0 unspecified atom stereocenters. The van der Waals surface area contributed by atoms with Gasteiger partial charge in [-0.05, 0) is 47.0 Å². The van der Waals surface area contributed by atoms with Crippen LogP contribution in [0.5, 0.6) is 0 Å². The Balaban J connectivity index is 2.97. The average molecular weight is 313 g/mol. The van der Waals surface area contributed by atoms with Gasteiger partial charge < -0.3 is 5.32 Å². The number of nitriles is 1. The first-order valence-corrected chi connectivity index (χ1v) is 6.46. The molecule has 0 fully saturated rings. The van der Waals surface area contributed by atoms with Crippen LogP contribution in [-0.4, -0.2) is 5.91 Å². The second-order valence-electron chi connectivity index (χ2n) is 3.98. The zero-order chi connectivity index (χ0) is 13.8. The Kier molecular flexibility index (Phi) is 4.85. The predicted octanol–water partition coefficient (Wildman–Crippen LogP) is 3.86. The van der Waals surface area contributed by atoms with Crippen molar-refractivity contribution in [3.05, 3.63) is 28.5 Å². The molecule has 0 bridgehead atoms. The molecule has 0 aliphatic rings. The summed E-state index contributed by atoms with van der Waals surface area (Å²) < 4.78 is 13.4. The van der Waals surface area contributed by atoms with Gasteiger partial charge in [-0.25, -0.2) is 4.39 Å². The number of nitrogens with zero attached hydrogens (tertiary/aromatic N) is 1. The molecule has 18 heavy (non-hydrogen) atoms. The zero-order valence-corrected chi connectivity index (χ0v) is 11.8. The molecule has 0 atom stereocenters. The molecule has 1 aromatic rings. The molecular weight excluding hydrogens is 299 g/mol.